The summed E-state index contributed by atoms with van der Waals surface area (Å²) in [6.45, 7) is 0. The molecule has 0 saturated heterocycles. The minimum absolute atomic E-state index is 0.287. The SMILES string of the molecule is COC(=O)Cc1c(F)cnc(C(F)F)c1OC. The first-order chi connectivity index (χ1) is 8.01. The number of carbonyl (C=O) groups excluding carboxylic acids is 1. The quantitative estimate of drug-likeness (QED) is 0.764. The van der Waals surface area contributed by atoms with Crippen LogP contribution in [-0.2, 0) is 16.0 Å². The molecule has 0 amide bonds. The summed E-state index contributed by atoms with van der Waals surface area (Å²) in [4.78, 5) is 14.3. The van der Waals surface area contributed by atoms with Crippen molar-refractivity contribution >= 4 is 5.97 Å². The largest absolute Gasteiger partial charge is 0.494 e. The number of hydrogen-bond acceptors (Lipinski definition) is 4. The molecule has 0 aliphatic heterocycles. The van der Waals surface area contributed by atoms with Gasteiger partial charge in [0, 0.05) is 5.56 Å². The Balaban J connectivity index is 3.25. The van der Waals surface area contributed by atoms with Gasteiger partial charge in [-0.2, -0.15) is 0 Å². The molecule has 1 aromatic heterocycles. The van der Waals surface area contributed by atoms with E-state index >= 15 is 0 Å². The fourth-order valence-corrected chi connectivity index (χ4v) is 1.29. The van der Waals surface area contributed by atoms with Gasteiger partial charge in [0.1, 0.15) is 11.5 Å². The van der Waals surface area contributed by atoms with E-state index in [1.54, 1.807) is 0 Å². The van der Waals surface area contributed by atoms with Crippen LogP contribution < -0.4 is 4.74 Å². The molecule has 0 unspecified atom stereocenters. The molecule has 0 fully saturated rings. The van der Waals surface area contributed by atoms with Crippen molar-refractivity contribution in [3.63, 3.8) is 0 Å². The monoisotopic (exact) mass is 249 g/mol. The fourth-order valence-electron chi connectivity index (χ4n) is 1.29. The number of rotatable bonds is 4. The smallest absolute Gasteiger partial charge is 0.310 e. The predicted molar refractivity (Wildman–Crippen MR) is 51.4 cm³/mol. The maximum atomic E-state index is 13.4. The van der Waals surface area contributed by atoms with E-state index < -0.39 is 36.1 Å². The summed E-state index contributed by atoms with van der Waals surface area (Å²) in [6, 6.07) is 0. The van der Waals surface area contributed by atoms with Crippen LogP contribution in [0.3, 0.4) is 0 Å². The lowest BCUT2D eigenvalue weighted by Crippen LogP contribution is -2.10. The number of halogens is 3. The second-order valence-corrected chi connectivity index (χ2v) is 3.06. The average Bonchev–Trinajstić information content (AvgIpc) is 2.30. The van der Waals surface area contributed by atoms with Crippen LogP contribution in [0.15, 0.2) is 6.20 Å². The second-order valence-electron chi connectivity index (χ2n) is 3.06. The highest BCUT2D eigenvalue weighted by Gasteiger charge is 2.23. The molecular formula is C10H10F3NO3. The summed E-state index contributed by atoms with van der Waals surface area (Å²) in [6.07, 6.45) is -2.78. The van der Waals surface area contributed by atoms with Gasteiger partial charge in [0.05, 0.1) is 26.8 Å². The number of carbonyl (C=O) groups is 1. The highest BCUT2D eigenvalue weighted by molar-refractivity contribution is 5.73. The number of alkyl halides is 2. The highest BCUT2D eigenvalue weighted by atomic mass is 19.3. The van der Waals surface area contributed by atoms with Gasteiger partial charge in [-0.25, -0.2) is 18.2 Å². The minimum Gasteiger partial charge on any atom is -0.494 e. The normalized spacial score (nSPS) is 10.5. The van der Waals surface area contributed by atoms with Crippen molar-refractivity contribution in [1.29, 1.82) is 0 Å². The van der Waals surface area contributed by atoms with Crippen molar-refractivity contribution in [1.82, 2.24) is 4.98 Å². The Labute approximate surface area is 95.4 Å². The second kappa shape index (κ2) is 5.51. The van der Waals surface area contributed by atoms with Crippen molar-refractivity contribution in [2.24, 2.45) is 0 Å². The first kappa shape index (κ1) is 13.3. The number of nitrogens with zero attached hydrogens (tertiary/aromatic N) is 1. The van der Waals surface area contributed by atoms with E-state index in [4.69, 9.17) is 0 Å². The Hall–Kier alpha value is -1.79. The van der Waals surface area contributed by atoms with Crippen LogP contribution in [0.1, 0.15) is 17.7 Å². The highest BCUT2D eigenvalue weighted by Crippen LogP contribution is 2.31. The van der Waals surface area contributed by atoms with Crippen molar-refractivity contribution in [3.05, 3.63) is 23.3 Å². The zero-order valence-corrected chi connectivity index (χ0v) is 9.17. The van der Waals surface area contributed by atoms with E-state index in [0.29, 0.717) is 6.20 Å². The summed E-state index contributed by atoms with van der Waals surface area (Å²) < 4.78 is 47.5. The first-order valence-electron chi connectivity index (χ1n) is 4.57. The van der Waals surface area contributed by atoms with Crippen LogP contribution in [0.4, 0.5) is 13.2 Å². The van der Waals surface area contributed by atoms with E-state index in [-0.39, 0.29) is 5.56 Å². The molecule has 0 aromatic carbocycles. The lowest BCUT2D eigenvalue weighted by atomic mass is 10.1. The molecule has 0 radical (unpaired) electrons. The molecule has 1 aromatic rings. The van der Waals surface area contributed by atoms with E-state index in [0.717, 1.165) is 14.2 Å². The zero-order chi connectivity index (χ0) is 13.0. The van der Waals surface area contributed by atoms with Gasteiger partial charge in [0.2, 0.25) is 0 Å². The van der Waals surface area contributed by atoms with Gasteiger partial charge in [-0.1, -0.05) is 0 Å². The van der Waals surface area contributed by atoms with Gasteiger partial charge >= 0.3 is 5.97 Å². The Morgan fingerprint density at radius 3 is 2.59 bits per heavy atom. The lowest BCUT2D eigenvalue weighted by molar-refractivity contribution is -0.139. The van der Waals surface area contributed by atoms with Gasteiger partial charge in [-0.05, 0) is 0 Å². The molecule has 4 nitrogen and oxygen atoms in total. The zero-order valence-electron chi connectivity index (χ0n) is 9.17. The molecular weight excluding hydrogens is 239 g/mol. The third-order valence-electron chi connectivity index (χ3n) is 2.07. The first-order valence-corrected chi connectivity index (χ1v) is 4.57. The van der Waals surface area contributed by atoms with Crippen molar-refractivity contribution < 1.29 is 27.4 Å². The molecule has 0 aliphatic carbocycles. The number of methoxy groups -OCH3 is 2. The molecule has 1 rings (SSSR count). The van der Waals surface area contributed by atoms with Crippen LogP contribution in [0.2, 0.25) is 0 Å². The van der Waals surface area contributed by atoms with Gasteiger partial charge in [0.25, 0.3) is 6.43 Å². The molecule has 0 saturated carbocycles. The maximum absolute atomic E-state index is 13.4. The number of aromatic nitrogens is 1. The third kappa shape index (κ3) is 2.86. The predicted octanol–water partition coefficient (Wildman–Crippen LogP) is 1.88. The Morgan fingerprint density at radius 1 is 1.47 bits per heavy atom. The molecule has 0 aliphatic rings. The Kier molecular flexibility index (Phi) is 4.30. The molecule has 0 atom stereocenters. The molecule has 0 spiro atoms. The topological polar surface area (TPSA) is 48.4 Å². The molecule has 0 N–H and O–H groups in total. The van der Waals surface area contributed by atoms with Crippen LogP contribution in [-0.4, -0.2) is 25.2 Å². The van der Waals surface area contributed by atoms with Crippen LogP contribution in [0, 0.1) is 5.82 Å². The third-order valence-corrected chi connectivity index (χ3v) is 2.07. The molecule has 17 heavy (non-hydrogen) atoms. The van der Waals surface area contributed by atoms with Crippen LogP contribution in [0.25, 0.3) is 0 Å². The van der Waals surface area contributed by atoms with E-state index in [2.05, 4.69) is 14.5 Å². The van der Waals surface area contributed by atoms with Crippen molar-refractivity contribution in [2.75, 3.05) is 14.2 Å². The van der Waals surface area contributed by atoms with Gasteiger partial charge in [-0.3, -0.25) is 4.79 Å². The van der Waals surface area contributed by atoms with E-state index in [1.807, 2.05) is 0 Å². The molecule has 94 valence electrons. The van der Waals surface area contributed by atoms with E-state index in [9.17, 15) is 18.0 Å². The van der Waals surface area contributed by atoms with Gasteiger partial charge in [-0.15, -0.1) is 0 Å². The molecule has 1 heterocycles. The van der Waals surface area contributed by atoms with Gasteiger partial charge in [0.15, 0.2) is 5.75 Å². The maximum Gasteiger partial charge on any atom is 0.310 e. The summed E-state index contributed by atoms with van der Waals surface area (Å²) in [5, 5.41) is 0. The Bertz CT molecular complexity index is 424. The van der Waals surface area contributed by atoms with Crippen LogP contribution >= 0.6 is 0 Å². The van der Waals surface area contributed by atoms with E-state index in [1.165, 1.54) is 0 Å². The summed E-state index contributed by atoms with van der Waals surface area (Å²) in [7, 11) is 2.21. The van der Waals surface area contributed by atoms with Crippen molar-refractivity contribution in [2.45, 2.75) is 12.8 Å². The summed E-state index contributed by atoms with van der Waals surface area (Å²) in [5.74, 6) is -2.07. The standard InChI is InChI=1S/C10H10F3NO3/c1-16-7(15)3-5-6(11)4-14-8(10(12)13)9(5)17-2/h4,10H,3H2,1-2H3. The minimum atomic E-state index is -2.91. The molecule has 7 heteroatoms. The molecule has 0 bridgehead atoms. The average molecular weight is 249 g/mol. The fraction of sp³-hybridized carbons (Fsp3) is 0.400. The number of pyridine rings is 1. The van der Waals surface area contributed by atoms with Crippen molar-refractivity contribution in [3.8, 4) is 5.75 Å². The van der Waals surface area contributed by atoms with Gasteiger partial charge < -0.3 is 9.47 Å². The summed E-state index contributed by atoms with van der Waals surface area (Å²) in [5.41, 5.74) is -0.988. The number of hydrogen-bond donors (Lipinski definition) is 0. The van der Waals surface area contributed by atoms with Crippen LogP contribution in [0.5, 0.6) is 5.75 Å². The summed E-state index contributed by atoms with van der Waals surface area (Å²) >= 11 is 0. The Morgan fingerprint density at radius 2 is 2.12 bits per heavy atom. The number of ether oxygens (including phenoxy) is 2. The lowest BCUT2D eigenvalue weighted by Gasteiger charge is -2.12. The number of esters is 1.